The molecule has 156 valence electrons. The molecule has 2 rings (SSSR count). The molecule has 0 heterocycles. The number of amides is 2. The fourth-order valence-electron chi connectivity index (χ4n) is 3.46. The van der Waals surface area contributed by atoms with E-state index in [0.29, 0.717) is 12.2 Å². The maximum Gasteiger partial charge on any atom is 0.282 e. The van der Waals surface area contributed by atoms with Gasteiger partial charge in [-0.3, -0.25) is 9.59 Å². The maximum absolute atomic E-state index is 12.8. The lowest BCUT2D eigenvalue weighted by Crippen LogP contribution is -3.17. The summed E-state index contributed by atoms with van der Waals surface area (Å²) < 4.78 is 5.12. The number of carbonyl (C=O) groups is 2. The second kappa shape index (κ2) is 10.1. The lowest BCUT2D eigenvalue weighted by molar-refractivity contribution is -0.904. The summed E-state index contributed by atoms with van der Waals surface area (Å²) in [6.45, 7) is 10.7. The molecule has 0 aliphatic heterocycles. The normalized spacial score (nSPS) is 12.8. The summed E-state index contributed by atoms with van der Waals surface area (Å²) in [6.07, 6.45) is 0. The van der Waals surface area contributed by atoms with Crippen LogP contribution in [0.2, 0.25) is 0 Å². The van der Waals surface area contributed by atoms with Gasteiger partial charge in [-0.15, -0.1) is 0 Å². The number of hydrogen-bond acceptors (Lipinski definition) is 3. The molecule has 0 fully saturated rings. The number of likely N-dealkylation sites (N-methyl/N-ethyl adjacent to an activating group) is 1. The highest BCUT2D eigenvalue weighted by atomic mass is 16.5. The standard InChI is InChI=1S/C23H31N3O3/c1-7-26(14-21(27)24-19-8-10-20(29-6)11-9-19)18(5)23(28)25-22-16(3)12-15(2)13-17(22)4/h8-13,18H,7,14H2,1-6H3,(H,24,27)(H,25,28)/p+1/t18-/m0/s1. The van der Waals surface area contributed by atoms with Gasteiger partial charge in [0.25, 0.3) is 11.8 Å². The molecule has 2 atom stereocenters. The highest BCUT2D eigenvalue weighted by molar-refractivity contribution is 5.95. The van der Waals surface area contributed by atoms with E-state index in [4.69, 9.17) is 4.74 Å². The van der Waals surface area contributed by atoms with Crippen molar-refractivity contribution in [3.63, 3.8) is 0 Å². The number of nitrogens with one attached hydrogen (secondary N) is 3. The maximum atomic E-state index is 12.8. The molecule has 0 saturated heterocycles. The second-order valence-electron chi connectivity index (χ2n) is 7.45. The van der Waals surface area contributed by atoms with Crippen LogP contribution in [0.4, 0.5) is 11.4 Å². The predicted octanol–water partition coefficient (Wildman–Crippen LogP) is 2.49. The van der Waals surface area contributed by atoms with E-state index in [2.05, 4.69) is 22.8 Å². The van der Waals surface area contributed by atoms with Crippen LogP contribution in [0.5, 0.6) is 5.75 Å². The molecule has 0 spiro atoms. The Morgan fingerprint density at radius 2 is 1.62 bits per heavy atom. The third kappa shape index (κ3) is 6.06. The zero-order chi connectivity index (χ0) is 21.6. The Balaban J connectivity index is 2.00. The van der Waals surface area contributed by atoms with E-state index in [1.807, 2.05) is 34.6 Å². The van der Waals surface area contributed by atoms with Crippen LogP contribution in [0.25, 0.3) is 0 Å². The number of methoxy groups -OCH3 is 1. The number of carbonyl (C=O) groups excluding carboxylic acids is 2. The highest BCUT2D eigenvalue weighted by Crippen LogP contribution is 2.22. The van der Waals surface area contributed by atoms with Gasteiger partial charge in [0.05, 0.1) is 13.7 Å². The monoisotopic (exact) mass is 398 g/mol. The lowest BCUT2D eigenvalue weighted by atomic mass is 10.0. The molecule has 0 aliphatic rings. The summed E-state index contributed by atoms with van der Waals surface area (Å²) >= 11 is 0. The average Bonchev–Trinajstić information content (AvgIpc) is 2.68. The lowest BCUT2D eigenvalue weighted by Gasteiger charge is -2.24. The van der Waals surface area contributed by atoms with Crippen LogP contribution in [-0.2, 0) is 9.59 Å². The Morgan fingerprint density at radius 3 is 2.14 bits per heavy atom. The molecule has 29 heavy (non-hydrogen) atoms. The van der Waals surface area contributed by atoms with Gasteiger partial charge in [-0.25, -0.2) is 0 Å². The summed E-state index contributed by atoms with van der Waals surface area (Å²) in [7, 11) is 1.60. The minimum Gasteiger partial charge on any atom is -0.497 e. The topological polar surface area (TPSA) is 71.9 Å². The van der Waals surface area contributed by atoms with Crippen molar-refractivity contribution in [1.82, 2.24) is 0 Å². The van der Waals surface area contributed by atoms with Crippen LogP contribution in [0, 0.1) is 20.8 Å². The summed E-state index contributed by atoms with van der Waals surface area (Å²) in [5.41, 5.74) is 4.80. The zero-order valence-electron chi connectivity index (χ0n) is 18.2. The smallest absolute Gasteiger partial charge is 0.282 e. The first-order chi connectivity index (χ1) is 13.7. The van der Waals surface area contributed by atoms with Crippen molar-refractivity contribution in [2.24, 2.45) is 0 Å². The van der Waals surface area contributed by atoms with Crippen LogP contribution in [0.3, 0.4) is 0 Å². The number of anilines is 2. The van der Waals surface area contributed by atoms with Gasteiger partial charge in [-0.05, 0) is 70.0 Å². The Morgan fingerprint density at radius 1 is 1.03 bits per heavy atom. The summed E-state index contributed by atoms with van der Waals surface area (Å²) in [6, 6.07) is 10.9. The van der Waals surface area contributed by atoms with Crippen LogP contribution in [0.15, 0.2) is 36.4 Å². The summed E-state index contributed by atoms with van der Waals surface area (Å²) in [5.74, 6) is 0.513. The van der Waals surface area contributed by atoms with E-state index in [9.17, 15) is 9.59 Å². The molecule has 6 nitrogen and oxygen atoms in total. The molecule has 0 aromatic heterocycles. The van der Waals surface area contributed by atoms with Crippen LogP contribution in [0.1, 0.15) is 30.5 Å². The van der Waals surface area contributed by atoms with E-state index in [0.717, 1.165) is 27.5 Å². The van der Waals surface area contributed by atoms with Crippen molar-refractivity contribution in [3.8, 4) is 5.75 Å². The van der Waals surface area contributed by atoms with Crippen molar-refractivity contribution < 1.29 is 19.2 Å². The number of ether oxygens (including phenoxy) is 1. The van der Waals surface area contributed by atoms with Crippen molar-refractivity contribution >= 4 is 23.2 Å². The Bertz CT molecular complexity index is 839. The Hall–Kier alpha value is -2.86. The van der Waals surface area contributed by atoms with Gasteiger partial charge < -0.3 is 20.3 Å². The molecule has 1 unspecified atom stereocenters. The minimum atomic E-state index is -0.360. The van der Waals surface area contributed by atoms with Gasteiger partial charge in [0.1, 0.15) is 5.75 Å². The van der Waals surface area contributed by atoms with E-state index in [1.54, 1.807) is 31.4 Å². The number of aryl methyl sites for hydroxylation is 3. The zero-order valence-corrected chi connectivity index (χ0v) is 18.2. The fourth-order valence-corrected chi connectivity index (χ4v) is 3.46. The van der Waals surface area contributed by atoms with E-state index >= 15 is 0 Å². The average molecular weight is 399 g/mol. The highest BCUT2D eigenvalue weighted by Gasteiger charge is 2.26. The molecule has 2 aromatic carbocycles. The van der Waals surface area contributed by atoms with Crippen molar-refractivity contribution in [2.45, 2.75) is 40.7 Å². The molecule has 2 amide bonds. The van der Waals surface area contributed by atoms with E-state index in [-0.39, 0.29) is 24.4 Å². The second-order valence-corrected chi connectivity index (χ2v) is 7.45. The quantitative estimate of drug-likeness (QED) is 0.640. The van der Waals surface area contributed by atoms with Crippen LogP contribution in [-0.4, -0.2) is 38.1 Å². The summed E-state index contributed by atoms with van der Waals surface area (Å²) in [5, 5.41) is 5.93. The Labute approximate surface area is 173 Å². The third-order valence-corrected chi connectivity index (χ3v) is 5.15. The van der Waals surface area contributed by atoms with Crippen molar-refractivity contribution in [1.29, 1.82) is 0 Å². The van der Waals surface area contributed by atoms with Crippen LogP contribution < -0.4 is 20.3 Å². The molecule has 0 bridgehead atoms. The van der Waals surface area contributed by atoms with Crippen molar-refractivity contribution in [3.05, 3.63) is 53.1 Å². The third-order valence-electron chi connectivity index (χ3n) is 5.15. The fraction of sp³-hybridized carbons (Fsp3) is 0.391. The molecule has 3 N–H and O–H groups in total. The predicted molar refractivity (Wildman–Crippen MR) is 117 cm³/mol. The molecular formula is C23H32N3O3+. The van der Waals surface area contributed by atoms with E-state index < -0.39 is 0 Å². The van der Waals surface area contributed by atoms with Gasteiger partial charge in [0.15, 0.2) is 12.6 Å². The number of benzene rings is 2. The molecular weight excluding hydrogens is 366 g/mol. The van der Waals surface area contributed by atoms with E-state index in [1.165, 1.54) is 5.56 Å². The van der Waals surface area contributed by atoms with Gasteiger partial charge in [-0.2, -0.15) is 0 Å². The minimum absolute atomic E-state index is 0.0887. The SMILES string of the molecule is CC[NH+](CC(=O)Nc1ccc(OC)cc1)[C@@H](C)C(=O)Nc1c(C)cc(C)cc1C. The van der Waals surface area contributed by atoms with Crippen molar-refractivity contribution in [2.75, 3.05) is 30.8 Å². The number of quaternary nitrogens is 1. The first kappa shape index (κ1) is 22.4. The molecule has 0 radical (unpaired) electrons. The molecule has 2 aromatic rings. The van der Waals surface area contributed by atoms with Gasteiger partial charge in [-0.1, -0.05) is 17.7 Å². The number of hydrogen-bond donors (Lipinski definition) is 3. The molecule has 0 saturated carbocycles. The van der Waals surface area contributed by atoms with Crippen LogP contribution >= 0.6 is 0 Å². The first-order valence-corrected chi connectivity index (χ1v) is 9.92. The summed E-state index contributed by atoms with van der Waals surface area (Å²) in [4.78, 5) is 26.2. The number of rotatable bonds is 8. The molecule has 6 heteroatoms. The van der Waals surface area contributed by atoms with Gasteiger partial charge >= 0.3 is 0 Å². The van der Waals surface area contributed by atoms with Gasteiger partial charge in [0, 0.05) is 11.4 Å². The van der Waals surface area contributed by atoms with Gasteiger partial charge in [0.2, 0.25) is 0 Å². The first-order valence-electron chi connectivity index (χ1n) is 9.92. The Kier molecular flexibility index (Phi) is 7.79. The molecule has 0 aliphatic carbocycles. The largest absolute Gasteiger partial charge is 0.497 e.